The van der Waals surface area contributed by atoms with Crippen LogP contribution in [-0.4, -0.2) is 33.6 Å². The van der Waals surface area contributed by atoms with Crippen molar-refractivity contribution in [1.82, 2.24) is 14.8 Å². The number of ether oxygens (including phenoxy) is 1. The van der Waals surface area contributed by atoms with Crippen LogP contribution in [0.25, 0.3) is 5.82 Å². The van der Waals surface area contributed by atoms with E-state index in [-0.39, 0.29) is 11.5 Å². The molecule has 2 rings (SSSR count). The van der Waals surface area contributed by atoms with E-state index in [0.717, 1.165) is 0 Å². The van der Waals surface area contributed by atoms with Gasteiger partial charge in [0, 0.05) is 18.6 Å². The number of hydrogen-bond acceptors (Lipinski definition) is 4. The second-order valence-electron chi connectivity index (χ2n) is 3.64. The smallest absolute Gasteiger partial charge is 0.422 e. The summed E-state index contributed by atoms with van der Waals surface area (Å²) in [6.07, 6.45) is -1.25. The molecule has 0 saturated carbocycles. The first-order valence-electron chi connectivity index (χ1n) is 5.41. The van der Waals surface area contributed by atoms with Crippen LogP contribution in [0.15, 0.2) is 36.8 Å². The van der Waals surface area contributed by atoms with Crippen molar-refractivity contribution < 1.29 is 22.7 Å². The summed E-state index contributed by atoms with van der Waals surface area (Å²) in [6.45, 7) is -1.66. The molecule has 0 aliphatic rings. The van der Waals surface area contributed by atoms with E-state index in [1.54, 1.807) is 12.3 Å². The normalized spacial score (nSPS) is 11.2. The van der Waals surface area contributed by atoms with Gasteiger partial charge in [0.05, 0.1) is 5.69 Å². The summed E-state index contributed by atoms with van der Waals surface area (Å²) in [5.74, 6) is 0.265. The van der Waals surface area contributed by atoms with Gasteiger partial charge in [0.25, 0.3) is 0 Å². The second kappa shape index (κ2) is 5.59. The number of carbonyl (C=O) groups excluding carboxylic acids is 1. The SMILES string of the molecule is O=C(Nc1cccnc1-n1cccn1)OCC(F)(F)F. The van der Waals surface area contributed by atoms with E-state index >= 15 is 0 Å². The van der Waals surface area contributed by atoms with E-state index in [4.69, 9.17) is 0 Å². The predicted molar refractivity (Wildman–Crippen MR) is 62.4 cm³/mol. The summed E-state index contributed by atoms with van der Waals surface area (Å²) in [5, 5.41) is 6.11. The molecule has 0 radical (unpaired) electrons. The number of anilines is 1. The van der Waals surface area contributed by atoms with Crippen LogP contribution in [0.4, 0.5) is 23.7 Å². The molecule has 2 aromatic rings. The van der Waals surface area contributed by atoms with E-state index in [0.29, 0.717) is 0 Å². The van der Waals surface area contributed by atoms with Gasteiger partial charge in [-0.15, -0.1) is 0 Å². The number of amides is 1. The van der Waals surface area contributed by atoms with Gasteiger partial charge in [0.1, 0.15) is 0 Å². The first-order chi connectivity index (χ1) is 9.46. The van der Waals surface area contributed by atoms with Crippen molar-refractivity contribution in [3.05, 3.63) is 36.8 Å². The molecule has 0 spiro atoms. The number of nitrogens with one attached hydrogen (secondary N) is 1. The van der Waals surface area contributed by atoms with Crippen LogP contribution < -0.4 is 5.32 Å². The fraction of sp³-hybridized carbons (Fsp3) is 0.182. The summed E-state index contributed by atoms with van der Waals surface area (Å²) >= 11 is 0. The Morgan fingerprint density at radius 1 is 1.35 bits per heavy atom. The molecule has 9 heteroatoms. The maximum absolute atomic E-state index is 11.9. The summed E-state index contributed by atoms with van der Waals surface area (Å²) in [7, 11) is 0. The molecule has 0 bridgehead atoms. The zero-order valence-corrected chi connectivity index (χ0v) is 9.96. The van der Waals surface area contributed by atoms with Gasteiger partial charge in [-0.3, -0.25) is 5.32 Å². The van der Waals surface area contributed by atoms with Crippen molar-refractivity contribution in [2.75, 3.05) is 11.9 Å². The molecule has 106 valence electrons. The van der Waals surface area contributed by atoms with Crippen molar-refractivity contribution in [2.24, 2.45) is 0 Å². The molecule has 0 atom stereocenters. The third-order valence-electron chi connectivity index (χ3n) is 2.11. The van der Waals surface area contributed by atoms with Gasteiger partial charge in [-0.1, -0.05) is 0 Å². The largest absolute Gasteiger partial charge is 0.440 e. The summed E-state index contributed by atoms with van der Waals surface area (Å²) in [5.41, 5.74) is 0.184. The minimum atomic E-state index is -4.57. The highest BCUT2D eigenvalue weighted by atomic mass is 19.4. The van der Waals surface area contributed by atoms with Gasteiger partial charge in [-0.05, 0) is 18.2 Å². The molecule has 0 aromatic carbocycles. The number of alkyl halides is 3. The molecule has 0 aliphatic heterocycles. The van der Waals surface area contributed by atoms with E-state index in [1.807, 2.05) is 0 Å². The Labute approximate surface area is 111 Å². The van der Waals surface area contributed by atoms with Crippen LogP contribution in [0.5, 0.6) is 0 Å². The molecular weight excluding hydrogens is 277 g/mol. The molecular formula is C11H9F3N4O2. The van der Waals surface area contributed by atoms with Gasteiger partial charge in [-0.25, -0.2) is 14.5 Å². The van der Waals surface area contributed by atoms with Gasteiger partial charge in [0.15, 0.2) is 12.4 Å². The first-order valence-corrected chi connectivity index (χ1v) is 5.41. The van der Waals surface area contributed by atoms with E-state index in [9.17, 15) is 18.0 Å². The first kappa shape index (κ1) is 13.8. The fourth-order valence-corrected chi connectivity index (χ4v) is 1.36. The summed E-state index contributed by atoms with van der Waals surface area (Å²) < 4.78 is 41.2. The Bertz CT molecular complexity index is 584. The molecule has 6 nitrogen and oxygen atoms in total. The van der Waals surface area contributed by atoms with Crippen molar-refractivity contribution in [3.8, 4) is 5.82 Å². The highest BCUT2D eigenvalue weighted by molar-refractivity contribution is 5.86. The van der Waals surface area contributed by atoms with Crippen LogP contribution >= 0.6 is 0 Å². The maximum Gasteiger partial charge on any atom is 0.422 e. The van der Waals surface area contributed by atoms with E-state index < -0.39 is 18.9 Å². The average molecular weight is 286 g/mol. The van der Waals surface area contributed by atoms with Crippen LogP contribution in [-0.2, 0) is 4.74 Å². The monoisotopic (exact) mass is 286 g/mol. The lowest BCUT2D eigenvalue weighted by atomic mass is 10.4. The number of hydrogen-bond donors (Lipinski definition) is 1. The minimum absolute atomic E-state index is 0.184. The number of aromatic nitrogens is 3. The predicted octanol–water partition coefficient (Wildman–Crippen LogP) is 2.38. The third-order valence-corrected chi connectivity index (χ3v) is 2.11. The third kappa shape index (κ3) is 3.70. The standard InChI is InChI=1S/C11H9F3N4O2/c12-11(13,14)7-20-10(19)17-8-3-1-4-15-9(8)18-6-2-5-16-18/h1-6H,7H2,(H,17,19). The number of halogens is 3. The van der Waals surface area contributed by atoms with Gasteiger partial charge in [-0.2, -0.15) is 18.3 Å². The Kier molecular flexibility index (Phi) is 3.87. The Hall–Kier alpha value is -2.58. The van der Waals surface area contributed by atoms with Crippen molar-refractivity contribution in [2.45, 2.75) is 6.18 Å². The molecule has 1 N–H and O–H groups in total. The number of rotatable bonds is 3. The highest BCUT2D eigenvalue weighted by Gasteiger charge is 2.29. The van der Waals surface area contributed by atoms with Crippen molar-refractivity contribution in [1.29, 1.82) is 0 Å². The zero-order valence-electron chi connectivity index (χ0n) is 9.96. The van der Waals surface area contributed by atoms with E-state index in [1.165, 1.54) is 29.2 Å². The number of pyridine rings is 1. The Morgan fingerprint density at radius 3 is 2.80 bits per heavy atom. The maximum atomic E-state index is 11.9. The lowest BCUT2D eigenvalue weighted by Gasteiger charge is -2.11. The second-order valence-corrected chi connectivity index (χ2v) is 3.64. The van der Waals surface area contributed by atoms with Gasteiger partial charge in [0.2, 0.25) is 0 Å². The highest BCUT2D eigenvalue weighted by Crippen LogP contribution is 2.18. The lowest BCUT2D eigenvalue weighted by molar-refractivity contribution is -0.159. The Balaban J connectivity index is 2.08. The number of nitrogens with zero attached hydrogens (tertiary/aromatic N) is 3. The number of carbonyl (C=O) groups is 1. The average Bonchev–Trinajstić information content (AvgIpc) is 2.90. The van der Waals surface area contributed by atoms with Gasteiger partial charge < -0.3 is 4.74 Å². The summed E-state index contributed by atoms with van der Waals surface area (Å²) in [4.78, 5) is 15.3. The molecule has 0 aliphatic carbocycles. The molecule has 0 unspecified atom stereocenters. The molecule has 0 fully saturated rings. The Morgan fingerprint density at radius 2 is 2.15 bits per heavy atom. The van der Waals surface area contributed by atoms with E-state index in [2.05, 4.69) is 20.1 Å². The quantitative estimate of drug-likeness (QED) is 0.940. The van der Waals surface area contributed by atoms with Crippen molar-refractivity contribution >= 4 is 11.8 Å². The summed E-state index contributed by atoms with van der Waals surface area (Å²) in [6, 6.07) is 4.63. The van der Waals surface area contributed by atoms with Crippen molar-refractivity contribution in [3.63, 3.8) is 0 Å². The minimum Gasteiger partial charge on any atom is -0.440 e. The molecule has 2 aromatic heterocycles. The lowest BCUT2D eigenvalue weighted by Crippen LogP contribution is -2.24. The molecule has 1 amide bonds. The van der Waals surface area contributed by atoms with Gasteiger partial charge >= 0.3 is 12.3 Å². The van der Waals surface area contributed by atoms with Crippen LogP contribution in [0.1, 0.15) is 0 Å². The molecule has 2 heterocycles. The topological polar surface area (TPSA) is 69.0 Å². The van der Waals surface area contributed by atoms with Crippen LogP contribution in [0, 0.1) is 0 Å². The zero-order chi connectivity index (χ0) is 14.6. The van der Waals surface area contributed by atoms with Crippen LogP contribution in [0.2, 0.25) is 0 Å². The molecule has 20 heavy (non-hydrogen) atoms. The van der Waals surface area contributed by atoms with Crippen LogP contribution in [0.3, 0.4) is 0 Å². The fourth-order valence-electron chi connectivity index (χ4n) is 1.36. The molecule has 0 saturated heterocycles.